The maximum Gasteiger partial charge on any atom is 0.197 e. The monoisotopic (exact) mass is 473 g/mol. The van der Waals surface area contributed by atoms with E-state index in [2.05, 4.69) is 28.9 Å². The fourth-order valence-corrected chi connectivity index (χ4v) is 6.13. The molecule has 180 valence electrons. The summed E-state index contributed by atoms with van der Waals surface area (Å²) in [6.07, 6.45) is 5.38. The summed E-state index contributed by atoms with van der Waals surface area (Å²) in [5, 5.41) is 22.7. The third-order valence-corrected chi connectivity index (χ3v) is 8.05. The fraction of sp³-hybridized carbons (Fsp3) is 0.615. The van der Waals surface area contributed by atoms with Gasteiger partial charge in [0.25, 0.3) is 0 Å². The van der Waals surface area contributed by atoms with Gasteiger partial charge in [-0.15, -0.1) is 0 Å². The van der Waals surface area contributed by atoms with Crippen molar-refractivity contribution in [3.8, 4) is 11.8 Å². The van der Waals surface area contributed by atoms with Crippen LogP contribution in [0.1, 0.15) is 62.0 Å². The SMILES string of the molecule is CCCCOC(CN1CCN(c2ccc(Cl)cc2)CC1)Cn1c(O)c2c(c1O)[C@H]1CCC2C1. The molecule has 2 N–H and O–H groups in total. The van der Waals surface area contributed by atoms with Crippen LogP contribution in [-0.4, -0.2) is 65.1 Å². The summed E-state index contributed by atoms with van der Waals surface area (Å²) in [6, 6.07) is 8.05. The van der Waals surface area contributed by atoms with Crippen LogP contribution in [0.15, 0.2) is 24.3 Å². The fourth-order valence-electron chi connectivity index (χ4n) is 6.01. The van der Waals surface area contributed by atoms with Crippen molar-refractivity contribution in [1.29, 1.82) is 0 Å². The van der Waals surface area contributed by atoms with E-state index < -0.39 is 0 Å². The number of anilines is 1. The summed E-state index contributed by atoms with van der Waals surface area (Å²) in [5.41, 5.74) is 3.22. The van der Waals surface area contributed by atoms with Crippen molar-refractivity contribution < 1.29 is 14.9 Å². The molecular weight excluding hydrogens is 438 g/mol. The van der Waals surface area contributed by atoms with Gasteiger partial charge in [-0.2, -0.15) is 0 Å². The van der Waals surface area contributed by atoms with Gasteiger partial charge in [0.1, 0.15) is 0 Å². The van der Waals surface area contributed by atoms with Crippen LogP contribution >= 0.6 is 11.6 Å². The van der Waals surface area contributed by atoms with Crippen molar-refractivity contribution in [1.82, 2.24) is 9.47 Å². The predicted molar refractivity (Wildman–Crippen MR) is 132 cm³/mol. The first-order chi connectivity index (χ1) is 16.0. The molecule has 33 heavy (non-hydrogen) atoms. The number of fused-ring (bicyclic) bond motifs is 5. The van der Waals surface area contributed by atoms with Gasteiger partial charge in [0, 0.05) is 61.2 Å². The summed E-state index contributed by atoms with van der Waals surface area (Å²) in [7, 11) is 0. The highest BCUT2D eigenvalue weighted by Gasteiger charge is 2.44. The predicted octanol–water partition coefficient (Wildman–Crippen LogP) is 4.92. The lowest BCUT2D eigenvalue weighted by atomic mass is 9.95. The summed E-state index contributed by atoms with van der Waals surface area (Å²) in [5.74, 6) is 1.37. The molecule has 2 aliphatic carbocycles. The van der Waals surface area contributed by atoms with Crippen LogP contribution in [0.3, 0.4) is 0 Å². The van der Waals surface area contributed by atoms with Crippen LogP contribution in [0.25, 0.3) is 0 Å². The van der Waals surface area contributed by atoms with Gasteiger partial charge < -0.3 is 19.8 Å². The van der Waals surface area contributed by atoms with E-state index in [4.69, 9.17) is 16.3 Å². The number of aromatic hydroxyl groups is 2. The number of hydrogen-bond acceptors (Lipinski definition) is 5. The summed E-state index contributed by atoms with van der Waals surface area (Å²) >= 11 is 6.04. The second-order valence-corrected chi connectivity index (χ2v) is 10.3. The van der Waals surface area contributed by atoms with Gasteiger partial charge in [0.15, 0.2) is 11.8 Å². The highest BCUT2D eigenvalue weighted by Crippen LogP contribution is 2.59. The Labute approximate surface area is 201 Å². The molecule has 3 atom stereocenters. The molecule has 6 nitrogen and oxygen atoms in total. The Morgan fingerprint density at radius 3 is 2.21 bits per heavy atom. The zero-order valence-corrected chi connectivity index (χ0v) is 20.3. The average molecular weight is 474 g/mol. The number of piperazine rings is 1. The number of rotatable bonds is 9. The van der Waals surface area contributed by atoms with E-state index in [-0.39, 0.29) is 17.9 Å². The molecule has 2 unspecified atom stereocenters. The maximum absolute atomic E-state index is 11.0. The molecule has 1 aromatic carbocycles. The third kappa shape index (κ3) is 4.58. The van der Waals surface area contributed by atoms with E-state index in [1.807, 2.05) is 12.1 Å². The Kier molecular flexibility index (Phi) is 6.77. The normalized spacial score (nSPS) is 23.3. The quantitative estimate of drug-likeness (QED) is 0.506. The van der Waals surface area contributed by atoms with Gasteiger partial charge in [-0.1, -0.05) is 24.9 Å². The highest BCUT2D eigenvalue weighted by molar-refractivity contribution is 6.30. The molecule has 7 heteroatoms. The van der Waals surface area contributed by atoms with E-state index in [0.717, 1.165) is 81.0 Å². The summed E-state index contributed by atoms with van der Waals surface area (Å²) in [4.78, 5) is 4.84. The van der Waals surface area contributed by atoms with Crippen LogP contribution in [0, 0.1) is 0 Å². The molecule has 1 aliphatic heterocycles. The molecule has 2 heterocycles. The minimum atomic E-state index is -0.0689. The zero-order valence-electron chi connectivity index (χ0n) is 19.5. The van der Waals surface area contributed by atoms with Crippen LogP contribution in [0.4, 0.5) is 5.69 Å². The number of nitrogens with zero attached hydrogens (tertiary/aromatic N) is 3. The minimum Gasteiger partial charge on any atom is -0.494 e. The van der Waals surface area contributed by atoms with Gasteiger partial charge >= 0.3 is 0 Å². The smallest absolute Gasteiger partial charge is 0.197 e. The Morgan fingerprint density at radius 2 is 1.61 bits per heavy atom. The molecule has 2 aromatic rings. The van der Waals surface area contributed by atoms with Gasteiger partial charge in [-0.3, -0.25) is 9.47 Å². The molecule has 3 aliphatic rings. The molecule has 2 fully saturated rings. The number of benzene rings is 1. The topological polar surface area (TPSA) is 61.1 Å². The lowest BCUT2D eigenvalue weighted by Gasteiger charge is -2.37. The summed E-state index contributed by atoms with van der Waals surface area (Å²) < 4.78 is 8.00. The number of unbranched alkanes of at least 4 members (excludes halogenated alkanes) is 1. The van der Waals surface area contributed by atoms with Crippen LogP contribution in [-0.2, 0) is 11.3 Å². The number of halogens is 1. The Balaban J connectivity index is 1.24. The number of aromatic nitrogens is 1. The first kappa shape index (κ1) is 22.9. The highest BCUT2D eigenvalue weighted by atomic mass is 35.5. The number of hydrogen-bond donors (Lipinski definition) is 2. The maximum atomic E-state index is 11.0. The zero-order chi connectivity index (χ0) is 22.9. The molecule has 0 radical (unpaired) electrons. The van der Waals surface area contributed by atoms with E-state index in [1.54, 1.807) is 4.57 Å². The Bertz CT molecular complexity index is 919. The second-order valence-electron chi connectivity index (χ2n) is 9.90. The van der Waals surface area contributed by atoms with Crippen molar-refractivity contribution in [2.75, 3.05) is 44.2 Å². The van der Waals surface area contributed by atoms with Crippen LogP contribution < -0.4 is 4.90 Å². The van der Waals surface area contributed by atoms with Crippen molar-refractivity contribution >= 4 is 17.3 Å². The Hall–Kier alpha value is -1.89. The van der Waals surface area contributed by atoms with Gasteiger partial charge in [0.05, 0.1) is 12.6 Å². The number of ether oxygens (including phenoxy) is 1. The Morgan fingerprint density at radius 1 is 0.970 bits per heavy atom. The summed E-state index contributed by atoms with van der Waals surface area (Å²) in [6.45, 7) is 8.00. The third-order valence-electron chi connectivity index (χ3n) is 7.80. The lowest BCUT2D eigenvalue weighted by Crippen LogP contribution is -2.49. The second kappa shape index (κ2) is 9.77. The molecule has 5 rings (SSSR count). The molecule has 0 spiro atoms. The minimum absolute atomic E-state index is 0.0689. The molecule has 1 saturated carbocycles. The first-order valence-electron chi connectivity index (χ1n) is 12.5. The van der Waals surface area contributed by atoms with E-state index in [9.17, 15) is 10.2 Å². The van der Waals surface area contributed by atoms with Crippen molar-refractivity contribution in [3.63, 3.8) is 0 Å². The van der Waals surface area contributed by atoms with Gasteiger partial charge in [-0.25, -0.2) is 0 Å². The molecular formula is C26H36ClN3O3. The van der Waals surface area contributed by atoms with Crippen molar-refractivity contribution in [3.05, 3.63) is 40.4 Å². The van der Waals surface area contributed by atoms with Crippen LogP contribution in [0.5, 0.6) is 11.8 Å². The molecule has 2 bridgehead atoms. The standard InChI is InChI=1S/C26H36ClN3O3/c1-2-3-14-33-22(16-28-10-12-29(13-11-28)21-8-6-20(27)7-9-21)17-30-25(31)23-18-4-5-19(15-18)24(23)26(30)32/h6-9,18-19,22,31-32H,2-5,10-17H2,1H3/t18-,19?,22?/m0/s1. The molecule has 1 aromatic heterocycles. The lowest BCUT2D eigenvalue weighted by molar-refractivity contribution is 0.0110. The van der Waals surface area contributed by atoms with E-state index in [1.165, 1.54) is 5.69 Å². The van der Waals surface area contributed by atoms with Crippen molar-refractivity contribution in [2.24, 2.45) is 0 Å². The average Bonchev–Trinajstić information content (AvgIpc) is 3.50. The van der Waals surface area contributed by atoms with E-state index >= 15 is 0 Å². The largest absolute Gasteiger partial charge is 0.494 e. The first-order valence-corrected chi connectivity index (χ1v) is 12.9. The molecule has 1 saturated heterocycles. The van der Waals surface area contributed by atoms with E-state index in [0.29, 0.717) is 25.0 Å². The van der Waals surface area contributed by atoms with Crippen LogP contribution in [0.2, 0.25) is 5.02 Å². The van der Waals surface area contributed by atoms with Gasteiger partial charge in [-0.05, 0) is 61.8 Å². The molecule has 0 amide bonds. The van der Waals surface area contributed by atoms with Crippen molar-refractivity contribution in [2.45, 2.75) is 63.5 Å². The van der Waals surface area contributed by atoms with Gasteiger partial charge in [0.2, 0.25) is 0 Å².